The molecule has 4 heterocycles. The van der Waals surface area contributed by atoms with E-state index < -0.39 is 20.0 Å². The molecule has 0 spiro atoms. The summed E-state index contributed by atoms with van der Waals surface area (Å²) >= 11 is 39.2. The average Bonchev–Trinajstić information content (AvgIpc) is 3.90. The molecule has 316 valence electrons. The van der Waals surface area contributed by atoms with Gasteiger partial charge in [-0.05, 0) is 80.1 Å². The zero-order chi connectivity index (χ0) is 42.9. The van der Waals surface area contributed by atoms with Gasteiger partial charge in [-0.1, -0.05) is 87.3 Å². The van der Waals surface area contributed by atoms with Crippen LogP contribution in [0.4, 0.5) is 10.3 Å². The first-order chi connectivity index (χ1) is 28.5. The van der Waals surface area contributed by atoms with Crippen molar-refractivity contribution in [2.75, 3.05) is 62.2 Å². The molecule has 0 atom stereocenters. The fourth-order valence-corrected chi connectivity index (χ4v) is 13.2. The van der Waals surface area contributed by atoms with Crippen LogP contribution in [0, 0.1) is 13.8 Å². The van der Waals surface area contributed by atoms with E-state index in [1.54, 1.807) is 23.5 Å². The molecule has 6 aromatic rings. The van der Waals surface area contributed by atoms with Crippen molar-refractivity contribution in [2.24, 2.45) is 0 Å². The van der Waals surface area contributed by atoms with Gasteiger partial charge < -0.3 is 9.80 Å². The molecular formula is C40H36Cl6N6O4S4. The van der Waals surface area contributed by atoms with E-state index in [4.69, 9.17) is 74.6 Å². The van der Waals surface area contributed by atoms with Gasteiger partial charge in [0.25, 0.3) is 0 Å². The summed E-state index contributed by atoms with van der Waals surface area (Å²) in [5.41, 5.74) is 6.05. The number of piperazine rings is 2. The highest BCUT2D eigenvalue weighted by atomic mass is 35.5. The summed E-state index contributed by atoms with van der Waals surface area (Å²) < 4.78 is 54.7. The number of thiazole rings is 2. The van der Waals surface area contributed by atoms with E-state index in [0.717, 1.165) is 32.8 Å². The zero-order valence-corrected chi connectivity index (χ0v) is 39.8. The van der Waals surface area contributed by atoms with Crippen LogP contribution >= 0.6 is 92.3 Å². The lowest BCUT2D eigenvalue weighted by molar-refractivity contribution is 0.384. The lowest BCUT2D eigenvalue weighted by atomic mass is 10.0. The second kappa shape index (κ2) is 19.0. The Morgan fingerprint density at radius 1 is 0.500 bits per heavy atom. The number of nitrogens with zero attached hydrogens (tertiary/aromatic N) is 6. The number of aryl methyl sites for hydroxylation is 2. The molecule has 60 heavy (non-hydrogen) atoms. The molecule has 2 aliphatic rings. The SMILES string of the molecule is Cc1ccc(C)c(-c2csc(N3CCN(S(=O)(=O)c4cc(Cl)cc(Cl)c4)CC3)n2)c1.O=S(=O)(c1cc(Cl)cc(Cl)c1)N1CCN(c2nc(-c3ccc(Cl)cc3Cl)cs2)CC1. The van der Waals surface area contributed by atoms with Gasteiger partial charge in [-0.3, -0.25) is 0 Å². The summed E-state index contributed by atoms with van der Waals surface area (Å²) in [7, 11) is -7.31. The van der Waals surface area contributed by atoms with Gasteiger partial charge in [-0.25, -0.2) is 26.8 Å². The van der Waals surface area contributed by atoms with E-state index >= 15 is 0 Å². The lowest BCUT2D eigenvalue weighted by Crippen LogP contribution is -2.48. The van der Waals surface area contributed by atoms with Crippen molar-refractivity contribution in [1.29, 1.82) is 0 Å². The highest BCUT2D eigenvalue weighted by Gasteiger charge is 2.31. The summed E-state index contributed by atoms with van der Waals surface area (Å²) in [5, 5.41) is 8.02. The van der Waals surface area contributed by atoms with Gasteiger partial charge in [0, 0.05) is 99.4 Å². The molecule has 2 aliphatic heterocycles. The number of sulfonamides is 2. The van der Waals surface area contributed by atoms with Crippen molar-refractivity contribution in [1.82, 2.24) is 18.6 Å². The van der Waals surface area contributed by atoms with E-state index in [1.807, 2.05) is 11.4 Å². The molecule has 20 heteroatoms. The zero-order valence-electron chi connectivity index (χ0n) is 32.0. The number of hydrogen-bond acceptors (Lipinski definition) is 10. The van der Waals surface area contributed by atoms with Crippen molar-refractivity contribution >= 4 is 123 Å². The molecule has 0 amide bonds. The summed E-state index contributed by atoms with van der Waals surface area (Å²) in [6.07, 6.45) is 0. The van der Waals surface area contributed by atoms with Gasteiger partial charge in [0.1, 0.15) is 0 Å². The van der Waals surface area contributed by atoms with Crippen LogP contribution in [0.15, 0.2) is 93.3 Å². The van der Waals surface area contributed by atoms with Gasteiger partial charge in [0.15, 0.2) is 10.3 Å². The summed E-state index contributed by atoms with van der Waals surface area (Å²) in [6, 6.07) is 20.4. The van der Waals surface area contributed by atoms with E-state index in [-0.39, 0.29) is 19.8 Å². The first-order valence-corrected chi connectivity index (χ1v) is 25.2. The van der Waals surface area contributed by atoms with Gasteiger partial charge in [-0.2, -0.15) is 8.61 Å². The van der Waals surface area contributed by atoms with Crippen LogP contribution in [0.5, 0.6) is 0 Å². The molecule has 0 bridgehead atoms. The Morgan fingerprint density at radius 3 is 1.37 bits per heavy atom. The quantitative estimate of drug-likeness (QED) is 0.148. The predicted molar refractivity (Wildman–Crippen MR) is 249 cm³/mol. The number of hydrogen-bond donors (Lipinski definition) is 0. The highest BCUT2D eigenvalue weighted by Crippen LogP contribution is 2.35. The van der Waals surface area contributed by atoms with E-state index in [1.165, 1.54) is 67.5 Å². The monoisotopic (exact) mass is 1000 g/mol. The van der Waals surface area contributed by atoms with Gasteiger partial charge in [0.05, 0.1) is 26.2 Å². The Bertz CT molecular complexity index is 2710. The minimum absolute atomic E-state index is 0.0994. The first-order valence-electron chi connectivity index (χ1n) is 18.3. The van der Waals surface area contributed by atoms with Crippen LogP contribution in [0.1, 0.15) is 11.1 Å². The second-order valence-corrected chi connectivity index (χ2v) is 22.1. The Morgan fingerprint density at radius 2 is 0.933 bits per heavy atom. The average molecular weight is 1010 g/mol. The second-order valence-electron chi connectivity index (χ2n) is 14.0. The van der Waals surface area contributed by atoms with Gasteiger partial charge in [-0.15, -0.1) is 22.7 Å². The molecular weight excluding hydrogens is 969 g/mol. The molecule has 4 aromatic carbocycles. The molecule has 8 rings (SSSR count). The maximum atomic E-state index is 13.0. The Hall–Kier alpha value is -2.70. The molecule has 10 nitrogen and oxygen atoms in total. The Labute approximate surface area is 387 Å². The summed E-state index contributed by atoms with van der Waals surface area (Å²) in [4.78, 5) is 13.9. The van der Waals surface area contributed by atoms with Crippen LogP contribution in [0.3, 0.4) is 0 Å². The number of anilines is 2. The van der Waals surface area contributed by atoms with E-state index in [9.17, 15) is 16.8 Å². The molecule has 0 radical (unpaired) electrons. The molecule has 2 aromatic heterocycles. The van der Waals surface area contributed by atoms with Crippen LogP contribution in [-0.2, 0) is 20.0 Å². The Balaban J connectivity index is 0.000000181. The summed E-state index contributed by atoms with van der Waals surface area (Å²) in [6.45, 7) is 7.79. The summed E-state index contributed by atoms with van der Waals surface area (Å²) in [5.74, 6) is 0. The van der Waals surface area contributed by atoms with Crippen molar-refractivity contribution in [3.63, 3.8) is 0 Å². The van der Waals surface area contributed by atoms with Gasteiger partial charge in [0.2, 0.25) is 20.0 Å². The third-order valence-corrected chi connectivity index (χ3v) is 16.8. The van der Waals surface area contributed by atoms with Crippen molar-refractivity contribution in [3.8, 4) is 22.5 Å². The van der Waals surface area contributed by atoms with E-state index in [2.05, 4.69) is 52.2 Å². The smallest absolute Gasteiger partial charge is 0.243 e. The molecule has 0 unspecified atom stereocenters. The lowest BCUT2D eigenvalue weighted by Gasteiger charge is -2.33. The minimum atomic E-state index is -3.67. The maximum absolute atomic E-state index is 13.0. The molecule has 0 saturated carbocycles. The number of halogens is 6. The van der Waals surface area contributed by atoms with Crippen LogP contribution in [-0.4, -0.2) is 87.8 Å². The third-order valence-electron chi connectivity index (χ3n) is 9.83. The van der Waals surface area contributed by atoms with Crippen LogP contribution in [0.2, 0.25) is 30.1 Å². The molecule has 0 aliphatic carbocycles. The third kappa shape index (κ3) is 10.4. The first kappa shape index (κ1) is 45.3. The fraction of sp³-hybridized carbons (Fsp3) is 0.250. The topological polar surface area (TPSA) is 107 Å². The van der Waals surface area contributed by atoms with E-state index in [0.29, 0.717) is 72.4 Å². The standard InChI is InChI=1S/C21H21Cl2N3O2S2.C19H15Cl4N3O2S2/c1-14-3-4-15(2)19(9-14)20-13-29-21(24-20)25-5-7-26(8-6-25)30(27,28)18-11-16(22)10-17(23)12-18;20-12-1-2-16(17(23)10-12)18-11-29-19(24-18)25-3-5-26(6-4-25)30(27,28)15-8-13(21)7-14(22)9-15/h3-4,9-13H,5-8H2,1-2H3;1-2,7-11H,3-6H2. The highest BCUT2D eigenvalue weighted by molar-refractivity contribution is 7.89. The normalized spacial score (nSPS) is 15.5. The van der Waals surface area contributed by atoms with Crippen molar-refractivity contribution < 1.29 is 16.8 Å². The van der Waals surface area contributed by atoms with Crippen LogP contribution < -0.4 is 9.80 Å². The molecule has 2 fully saturated rings. The molecule has 2 saturated heterocycles. The predicted octanol–water partition coefficient (Wildman–Crippen LogP) is 11.2. The number of benzene rings is 4. The number of rotatable bonds is 8. The molecule has 0 N–H and O–H groups in total. The van der Waals surface area contributed by atoms with Crippen molar-refractivity contribution in [2.45, 2.75) is 23.6 Å². The van der Waals surface area contributed by atoms with Crippen LogP contribution in [0.25, 0.3) is 22.5 Å². The maximum Gasteiger partial charge on any atom is 0.243 e. The van der Waals surface area contributed by atoms with Crippen molar-refractivity contribution in [3.05, 3.63) is 125 Å². The Kier molecular flexibility index (Phi) is 14.3. The van der Waals surface area contributed by atoms with Gasteiger partial charge >= 0.3 is 0 Å². The number of aromatic nitrogens is 2. The fourth-order valence-electron chi connectivity index (χ4n) is 6.67. The minimum Gasteiger partial charge on any atom is -0.345 e. The largest absolute Gasteiger partial charge is 0.345 e.